The predicted molar refractivity (Wildman–Crippen MR) is 41.3 cm³/mol. The fourth-order valence-electron chi connectivity index (χ4n) is 0.534. The summed E-state index contributed by atoms with van der Waals surface area (Å²) >= 11 is 2.03. The van der Waals surface area contributed by atoms with Crippen molar-refractivity contribution in [3.63, 3.8) is 0 Å². The molecule has 1 rings (SSSR count). The van der Waals surface area contributed by atoms with Gasteiger partial charge in [-0.05, 0) is 6.92 Å². The number of thiol groups is 1. The molecule has 2 heteroatoms. The molecule has 0 saturated heterocycles. The third-order valence-corrected chi connectivity index (χ3v) is 0.940. The molecular weight excluding hydrogens is 135 g/mol. The van der Waals surface area contributed by atoms with E-state index in [1.165, 1.54) is 5.56 Å². The van der Waals surface area contributed by atoms with E-state index in [9.17, 15) is 3.89 Å². The fraction of sp³-hybridized carbons (Fsp3) is 0.143. The maximum Gasteiger partial charge on any atom is 0.0278 e. The molecule has 50 valence electrons. The van der Waals surface area contributed by atoms with Crippen molar-refractivity contribution in [3.8, 4) is 0 Å². The molecule has 0 aromatic heterocycles. The lowest BCUT2D eigenvalue weighted by Gasteiger charge is -1.82. The Morgan fingerprint density at radius 3 is 1.78 bits per heavy atom. The van der Waals surface area contributed by atoms with Crippen molar-refractivity contribution >= 4 is 13.0 Å². The van der Waals surface area contributed by atoms with E-state index in [0.717, 1.165) is 0 Å². The third kappa shape index (κ3) is 4.03. The molecule has 0 fully saturated rings. The second-order valence-corrected chi connectivity index (χ2v) is 1.65. The summed E-state index contributed by atoms with van der Waals surface area (Å²) in [5.74, 6) is 0. The van der Waals surface area contributed by atoms with Crippen LogP contribution in [0.25, 0.3) is 0 Å². The minimum absolute atomic E-state index is 1.32. The van der Waals surface area contributed by atoms with E-state index < -0.39 is 0 Å². The Kier molecular flexibility index (Phi) is 5.32. The standard InChI is InChI=1S/C7H8.FHS/c1-7-5-3-2-4-6-7;1-2/h2-6H,1H3;2H. The van der Waals surface area contributed by atoms with E-state index in [0.29, 0.717) is 0 Å². The first-order valence-corrected chi connectivity index (χ1v) is 2.92. The monoisotopic (exact) mass is 144 g/mol. The molecule has 0 nitrogen and oxygen atoms in total. The molecule has 0 heterocycles. The molecule has 0 spiro atoms. The normalized spacial score (nSPS) is 7.44. The van der Waals surface area contributed by atoms with Crippen molar-refractivity contribution in [3.05, 3.63) is 35.9 Å². The van der Waals surface area contributed by atoms with Crippen molar-refractivity contribution < 1.29 is 3.89 Å². The van der Waals surface area contributed by atoms with Gasteiger partial charge in [0, 0.05) is 13.0 Å². The van der Waals surface area contributed by atoms with Gasteiger partial charge in [0.1, 0.15) is 0 Å². The van der Waals surface area contributed by atoms with Crippen LogP contribution < -0.4 is 0 Å². The lowest BCUT2D eigenvalue weighted by atomic mass is 10.2. The van der Waals surface area contributed by atoms with Gasteiger partial charge in [0.2, 0.25) is 0 Å². The van der Waals surface area contributed by atoms with Gasteiger partial charge in [-0.25, -0.2) is 0 Å². The number of halogens is 1. The molecule has 0 aliphatic rings. The number of rotatable bonds is 0. The summed E-state index contributed by atoms with van der Waals surface area (Å²) in [6.45, 7) is 2.08. The average molecular weight is 144 g/mol. The number of hydrogen-bond donors (Lipinski definition) is 1. The SMILES string of the molecule is Cc1ccccc1.FS. The van der Waals surface area contributed by atoms with Crippen LogP contribution in [-0.2, 0) is 0 Å². The molecule has 0 aliphatic carbocycles. The summed E-state index contributed by atoms with van der Waals surface area (Å²) in [7, 11) is 0. The minimum Gasteiger partial charge on any atom is -0.169 e. The zero-order chi connectivity index (χ0) is 7.11. The van der Waals surface area contributed by atoms with Crippen molar-refractivity contribution in [2.45, 2.75) is 6.92 Å². The molecule has 0 atom stereocenters. The van der Waals surface area contributed by atoms with Crippen molar-refractivity contribution in [2.75, 3.05) is 0 Å². The van der Waals surface area contributed by atoms with Gasteiger partial charge in [-0.15, -0.1) is 0 Å². The highest BCUT2D eigenvalue weighted by molar-refractivity contribution is 7.74. The van der Waals surface area contributed by atoms with Crippen LogP contribution in [0.2, 0.25) is 0 Å². The molecular formula is C7H9FS. The highest BCUT2D eigenvalue weighted by atomic mass is 32.1. The van der Waals surface area contributed by atoms with Crippen LogP contribution in [0, 0.1) is 6.92 Å². The Labute approximate surface area is 60.4 Å². The summed E-state index contributed by atoms with van der Waals surface area (Å²) in [5.41, 5.74) is 1.32. The van der Waals surface area contributed by atoms with Gasteiger partial charge in [-0.2, -0.15) is 3.89 Å². The summed E-state index contributed by atoms with van der Waals surface area (Å²) in [5, 5.41) is 0. The Morgan fingerprint density at radius 2 is 1.56 bits per heavy atom. The first-order chi connectivity index (χ1) is 4.39. The molecule has 0 aliphatic heterocycles. The van der Waals surface area contributed by atoms with Gasteiger partial charge in [0.15, 0.2) is 0 Å². The van der Waals surface area contributed by atoms with Crippen molar-refractivity contribution in [1.82, 2.24) is 0 Å². The Balaban J connectivity index is 0.000000291. The van der Waals surface area contributed by atoms with Gasteiger partial charge in [0.25, 0.3) is 0 Å². The first-order valence-electron chi connectivity index (χ1n) is 2.58. The van der Waals surface area contributed by atoms with E-state index >= 15 is 0 Å². The number of benzene rings is 1. The summed E-state index contributed by atoms with van der Waals surface area (Å²) < 4.78 is 9.19. The van der Waals surface area contributed by atoms with Gasteiger partial charge in [0.05, 0.1) is 0 Å². The molecule has 0 saturated carbocycles. The Morgan fingerprint density at radius 1 is 1.11 bits per heavy atom. The maximum atomic E-state index is 9.19. The Hall–Kier alpha value is -0.500. The minimum atomic E-state index is 1.32. The van der Waals surface area contributed by atoms with Gasteiger partial charge in [-0.1, -0.05) is 35.9 Å². The molecule has 0 amide bonds. The zero-order valence-corrected chi connectivity index (χ0v) is 6.11. The highest BCUT2D eigenvalue weighted by Gasteiger charge is 1.72. The Bertz CT molecular complexity index is 139. The summed E-state index contributed by atoms with van der Waals surface area (Å²) in [6, 6.07) is 10.3. The summed E-state index contributed by atoms with van der Waals surface area (Å²) in [6.07, 6.45) is 0. The van der Waals surface area contributed by atoms with Crippen LogP contribution in [0.3, 0.4) is 0 Å². The predicted octanol–water partition coefficient (Wildman–Crippen LogP) is 2.80. The molecule has 0 radical (unpaired) electrons. The van der Waals surface area contributed by atoms with E-state index in [1.807, 2.05) is 31.2 Å². The van der Waals surface area contributed by atoms with Gasteiger partial charge < -0.3 is 0 Å². The van der Waals surface area contributed by atoms with Crippen LogP contribution in [0.15, 0.2) is 30.3 Å². The zero-order valence-electron chi connectivity index (χ0n) is 5.21. The van der Waals surface area contributed by atoms with E-state index in [2.05, 4.69) is 19.1 Å². The van der Waals surface area contributed by atoms with E-state index in [1.54, 1.807) is 0 Å². The summed E-state index contributed by atoms with van der Waals surface area (Å²) in [4.78, 5) is 0. The lowest BCUT2D eigenvalue weighted by Crippen LogP contribution is -1.62. The van der Waals surface area contributed by atoms with Crippen molar-refractivity contribution in [1.29, 1.82) is 0 Å². The number of hydrogen-bond acceptors (Lipinski definition) is 1. The second kappa shape index (κ2) is 5.63. The molecule has 9 heavy (non-hydrogen) atoms. The lowest BCUT2D eigenvalue weighted by molar-refractivity contribution is 0.957. The van der Waals surface area contributed by atoms with Crippen LogP contribution in [0.5, 0.6) is 0 Å². The molecule has 1 aromatic rings. The van der Waals surface area contributed by atoms with Crippen LogP contribution >= 0.6 is 13.0 Å². The van der Waals surface area contributed by atoms with Gasteiger partial charge in [-0.3, -0.25) is 0 Å². The van der Waals surface area contributed by atoms with Crippen LogP contribution in [-0.4, -0.2) is 0 Å². The molecule has 0 N–H and O–H groups in total. The highest BCUT2D eigenvalue weighted by Crippen LogP contribution is 1.92. The van der Waals surface area contributed by atoms with Gasteiger partial charge >= 0.3 is 0 Å². The van der Waals surface area contributed by atoms with Crippen LogP contribution in [0.1, 0.15) is 5.56 Å². The van der Waals surface area contributed by atoms with Crippen molar-refractivity contribution in [2.24, 2.45) is 0 Å². The van der Waals surface area contributed by atoms with Crippen LogP contribution in [0.4, 0.5) is 3.89 Å². The maximum absolute atomic E-state index is 9.19. The smallest absolute Gasteiger partial charge is 0.0278 e. The van der Waals surface area contributed by atoms with E-state index in [-0.39, 0.29) is 0 Å². The van der Waals surface area contributed by atoms with E-state index in [4.69, 9.17) is 0 Å². The molecule has 0 unspecified atom stereocenters. The second-order valence-electron chi connectivity index (χ2n) is 1.65. The number of aryl methyl sites for hydroxylation is 1. The fourth-order valence-corrected chi connectivity index (χ4v) is 0.534. The largest absolute Gasteiger partial charge is 0.169 e. The first kappa shape index (κ1) is 8.50. The quantitative estimate of drug-likeness (QED) is 0.532. The third-order valence-electron chi connectivity index (χ3n) is 0.940. The molecule has 1 aromatic carbocycles. The average Bonchev–Trinajstić information content (AvgIpc) is 1.94. The topological polar surface area (TPSA) is 0 Å². The molecule has 0 bridgehead atoms.